The van der Waals surface area contributed by atoms with Crippen LogP contribution in [0.3, 0.4) is 0 Å². The Morgan fingerprint density at radius 2 is 2.18 bits per heavy atom. The summed E-state index contributed by atoms with van der Waals surface area (Å²) in [6.07, 6.45) is 4.58. The number of aliphatic hydroxyl groups is 1. The number of benzene rings is 1. The fourth-order valence-electron chi connectivity index (χ4n) is 3.17. The van der Waals surface area contributed by atoms with Crippen molar-refractivity contribution in [1.82, 2.24) is 0 Å². The number of fused-ring (bicyclic) bond motifs is 2. The van der Waals surface area contributed by atoms with Crippen molar-refractivity contribution >= 4 is 11.6 Å². The van der Waals surface area contributed by atoms with Crippen molar-refractivity contribution < 1.29 is 9.90 Å². The Morgan fingerprint density at radius 3 is 2.94 bits per heavy atom. The first-order valence-electron chi connectivity index (χ1n) is 6.30. The highest BCUT2D eigenvalue weighted by molar-refractivity contribution is 5.91. The highest BCUT2D eigenvalue weighted by atomic mass is 16.3. The summed E-state index contributed by atoms with van der Waals surface area (Å²) in [5.41, 5.74) is 5.72. The largest absolute Gasteiger partial charge is 0.388 e. The quantitative estimate of drug-likeness (QED) is 0.777. The van der Waals surface area contributed by atoms with Crippen molar-refractivity contribution in [3.63, 3.8) is 0 Å². The van der Waals surface area contributed by atoms with E-state index in [4.69, 9.17) is 0 Å². The van der Waals surface area contributed by atoms with E-state index in [2.05, 4.69) is 11.4 Å². The minimum Gasteiger partial charge on any atom is -0.388 e. The SMILES string of the molecule is CC(=O)Nc1c2c(cc3c1C(O)CC3)CCC2. The fraction of sp³-hybridized carbons (Fsp3) is 0.500. The number of hydrogen-bond donors (Lipinski definition) is 2. The van der Waals surface area contributed by atoms with Gasteiger partial charge in [0.15, 0.2) is 0 Å². The van der Waals surface area contributed by atoms with Crippen LogP contribution in [0.25, 0.3) is 0 Å². The van der Waals surface area contributed by atoms with Crippen LogP contribution >= 0.6 is 0 Å². The van der Waals surface area contributed by atoms with E-state index in [0.29, 0.717) is 0 Å². The van der Waals surface area contributed by atoms with E-state index in [0.717, 1.165) is 43.4 Å². The topological polar surface area (TPSA) is 49.3 Å². The molecule has 0 saturated carbocycles. The zero-order valence-electron chi connectivity index (χ0n) is 10.0. The molecule has 0 bridgehead atoms. The molecule has 0 heterocycles. The lowest BCUT2D eigenvalue weighted by Crippen LogP contribution is -2.12. The molecule has 0 saturated heterocycles. The van der Waals surface area contributed by atoms with E-state index in [9.17, 15) is 9.90 Å². The van der Waals surface area contributed by atoms with Crippen LogP contribution < -0.4 is 5.32 Å². The monoisotopic (exact) mass is 231 g/mol. The standard InChI is InChI=1S/C14H17NO2/c1-8(16)15-14-11-4-2-3-9(11)7-10-5-6-12(17)13(10)14/h7,12,17H,2-6H2,1H3,(H,15,16). The van der Waals surface area contributed by atoms with E-state index < -0.39 is 6.10 Å². The zero-order chi connectivity index (χ0) is 12.0. The maximum Gasteiger partial charge on any atom is 0.221 e. The van der Waals surface area contributed by atoms with E-state index in [1.807, 2.05) is 0 Å². The van der Waals surface area contributed by atoms with Gasteiger partial charge in [0.05, 0.1) is 11.8 Å². The van der Waals surface area contributed by atoms with Gasteiger partial charge in [0.1, 0.15) is 0 Å². The summed E-state index contributed by atoms with van der Waals surface area (Å²) < 4.78 is 0. The van der Waals surface area contributed by atoms with Crippen LogP contribution in [0, 0.1) is 0 Å². The molecule has 1 aromatic carbocycles. The van der Waals surface area contributed by atoms with Crippen molar-refractivity contribution in [2.45, 2.75) is 45.1 Å². The Labute approximate surface area is 101 Å². The summed E-state index contributed by atoms with van der Waals surface area (Å²) in [7, 11) is 0. The minimum absolute atomic E-state index is 0.0494. The molecule has 2 aliphatic carbocycles. The van der Waals surface area contributed by atoms with Crippen molar-refractivity contribution in [2.75, 3.05) is 5.32 Å². The van der Waals surface area contributed by atoms with Gasteiger partial charge in [0, 0.05) is 12.5 Å². The molecule has 0 spiro atoms. The minimum atomic E-state index is -0.405. The number of aryl methyl sites for hydroxylation is 2. The van der Waals surface area contributed by atoms with Crippen molar-refractivity contribution in [3.8, 4) is 0 Å². The summed E-state index contributed by atoms with van der Waals surface area (Å²) in [5, 5.41) is 13.0. The summed E-state index contributed by atoms with van der Waals surface area (Å²) in [6.45, 7) is 1.53. The van der Waals surface area contributed by atoms with Crippen molar-refractivity contribution in [1.29, 1.82) is 0 Å². The molecule has 1 unspecified atom stereocenters. The van der Waals surface area contributed by atoms with E-state index >= 15 is 0 Å². The number of aliphatic hydroxyl groups excluding tert-OH is 1. The van der Waals surface area contributed by atoms with Gasteiger partial charge in [-0.15, -0.1) is 0 Å². The first-order valence-corrected chi connectivity index (χ1v) is 6.30. The van der Waals surface area contributed by atoms with Gasteiger partial charge in [0.2, 0.25) is 5.91 Å². The molecule has 0 aliphatic heterocycles. The summed E-state index contributed by atoms with van der Waals surface area (Å²) in [6, 6.07) is 2.24. The number of rotatable bonds is 1. The van der Waals surface area contributed by atoms with E-state index in [1.165, 1.54) is 23.6 Å². The molecule has 3 nitrogen and oxygen atoms in total. The smallest absolute Gasteiger partial charge is 0.221 e. The number of nitrogens with one attached hydrogen (secondary N) is 1. The normalized spacial score (nSPS) is 21.2. The first kappa shape index (κ1) is 10.8. The summed E-state index contributed by atoms with van der Waals surface area (Å²) >= 11 is 0. The molecule has 2 N–H and O–H groups in total. The maximum atomic E-state index is 11.3. The number of anilines is 1. The average molecular weight is 231 g/mol. The molecular weight excluding hydrogens is 214 g/mol. The molecule has 1 amide bonds. The summed E-state index contributed by atoms with van der Waals surface area (Å²) in [5.74, 6) is -0.0494. The number of carbonyl (C=O) groups is 1. The maximum absolute atomic E-state index is 11.3. The molecule has 0 fully saturated rings. The van der Waals surface area contributed by atoms with Crippen molar-refractivity contribution in [3.05, 3.63) is 28.3 Å². The number of carbonyl (C=O) groups excluding carboxylic acids is 1. The molecule has 3 heteroatoms. The second-order valence-electron chi connectivity index (χ2n) is 5.05. The highest BCUT2D eigenvalue weighted by Gasteiger charge is 2.29. The predicted molar refractivity (Wildman–Crippen MR) is 66.1 cm³/mol. The Morgan fingerprint density at radius 1 is 1.35 bits per heavy atom. The molecule has 17 heavy (non-hydrogen) atoms. The molecule has 90 valence electrons. The Balaban J connectivity index is 2.18. The van der Waals surface area contributed by atoms with Crippen molar-refractivity contribution in [2.24, 2.45) is 0 Å². The van der Waals surface area contributed by atoms with Crippen LogP contribution in [0.5, 0.6) is 0 Å². The van der Waals surface area contributed by atoms with Crippen LogP contribution in [0.1, 0.15) is 48.1 Å². The van der Waals surface area contributed by atoms with Gasteiger partial charge in [-0.1, -0.05) is 6.07 Å². The van der Waals surface area contributed by atoms with Gasteiger partial charge < -0.3 is 10.4 Å². The lowest BCUT2D eigenvalue weighted by atomic mass is 9.98. The fourth-order valence-corrected chi connectivity index (χ4v) is 3.17. The molecule has 0 radical (unpaired) electrons. The predicted octanol–water partition coefficient (Wildman–Crippen LogP) is 2.11. The number of amides is 1. The molecule has 2 aliphatic rings. The zero-order valence-corrected chi connectivity index (χ0v) is 10.0. The van der Waals surface area contributed by atoms with Gasteiger partial charge in [-0.05, 0) is 48.8 Å². The van der Waals surface area contributed by atoms with Crippen LogP contribution in [-0.2, 0) is 24.1 Å². The Kier molecular flexibility index (Phi) is 2.44. The molecule has 0 aromatic heterocycles. The summed E-state index contributed by atoms with van der Waals surface area (Å²) in [4.78, 5) is 11.3. The van der Waals surface area contributed by atoms with Crippen LogP contribution in [0.4, 0.5) is 5.69 Å². The Hall–Kier alpha value is -1.35. The second-order valence-corrected chi connectivity index (χ2v) is 5.05. The lowest BCUT2D eigenvalue weighted by molar-refractivity contribution is -0.114. The van der Waals surface area contributed by atoms with Gasteiger partial charge >= 0.3 is 0 Å². The third-order valence-corrected chi connectivity index (χ3v) is 3.85. The van der Waals surface area contributed by atoms with Gasteiger partial charge in [-0.2, -0.15) is 0 Å². The number of hydrogen-bond acceptors (Lipinski definition) is 2. The van der Waals surface area contributed by atoms with Crippen LogP contribution in [0.2, 0.25) is 0 Å². The second kappa shape index (κ2) is 3.84. The molecule has 1 atom stereocenters. The molecule has 1 aromatic rings. The first-order chi connectivity index (χ1) is 8.16. The molecule has 3 rings (SSSR count). The van der Waals surface area contributed by atoms with E-state index in [-0.39, 0.29) is 5.91 Å². The van der Waals surface area contributed by atoms with Gasteiger partial charge in [-0.3, -0.25) is 4.79 Å². The molecular formula is C14H17NO2. The van der Waals surface area contributed by atoms with E-state index in [1.54, 1.807) is 0 Å². The van der Waals surface area contributed by atoms with Gasteiger partial charge in [0.25, 0.3) is 0 Å². The van der Waals surface area contributed by atoms with Crippen LogP contribution in [-0.4, -0.2) is 11.0 Å². The third kappa shape index (κ3) is 1.65. The average Bonchev–Trinajstić information content (AvgIpc) is 2.85. The Bertz CT molecular complexity index is 493. The van der Waals surface area contributed by atoms with Crippen LogP contribution in [0.15, 0.2) is 6.07 Å². The third-order valence-electron chi connectivity index (χ3n) is 3.85. The van der Waals surface area contributed by atoms with Gasteiger partial charge in [-0.25, -0.2) is 0 Å². The highest BCUT2D eigenvalue weighted by Crippen LogP contribution is 2.42. The lowest BCUT2D eigenvalue weighted by Gasteiger charge is -2.17.